The second-order valence-corrected chi connectivity index (χ2v) is 6.74. The molecule has 0 aliphatic rings. The van der Waals surface area contributed by atoms with Crippen LogP contribution >= 0.6 is 15.9 Å². The average Bonchev–Trinajstić information content (AvgIpc) is 3.16. The van der Waals surface area contributed by atoms with Gasteiger partial charge in [-0.2, -0.15) is 5.10 Å². The van der Waals surface area contributed by atoms with E-state index in [1.165, 1.54) is 10.9 Å². The summed E-state index contributed by atoms with van der Waals surface area (Å²) in [6.45, 7) is 3.37. The third-order valence-corrected chi connectivity index (χ3v) is 4.87. The van der Waals surface area contributed by atoms with Crippen LogP contribution in [0.25, 0.3) is 10.9 Å². The average molecular weight is 389 g/mol. The van der Waals surface area contributed by atoms with E-state index in [0.717, 1.165) is 28.6 Å². The van der Waals surface area contributed by atoms with Gasteiger partial charge in [0.05, 0.1) is 16.7 Å². The van der Waals surface area contributed by atoms with Gasteiger partial charge in [0.25, 0.3) is 0 Å². The van der Waals surface area contributed by atoms with E-state index in [2.05, 4.69) is 32.1 Å². The Labute approximate surface area is 149 Å². The Bertz CT molecular complexity index is 852. The summed E-state index contributed by atoms with van der Waals surface area (Å²) in [6, 6.07) is 8.17. The number of halogens is 1. The van der Waals surface area contributed by atoms with Gasteiger partial charge >= 0.3 is 0 Å². The van der Waals surface area contributed by atoms with Gasteiger partial charge in [0.15, 0.2) is 0 Å². The zero-order valence-electron chi connectivity index (χ0n) is 13.9. The zero-order chi connectivity index (χ0) is 17.1. The van der Waals surface area contributed by atoms with E-state index in [-0.39, 0.29) is 5.91 Å². The van der Waals surface area contributed by atoms with Crippen LogP contribution in [0.5, 0.6) is 0 Å². The molecule has 3 aromatic rings. The Morgan fingerprint density at radius 2 is 2.17 bits per heavy atom. The highest BCUT2D eigenvalue weighted by molar-refractivity contribution is 9.10. The molecule has 0 fully saturated rings. The number of aromatic nitrogens is 3. The summed E-state index contributed by atoms with van der Waals surface area (Å²) in [5, 5.41) is 5.66. The van der Waals surface area contributed by atoms with Gasteiger partial charge in [-0.3, -0.25) is 9.48 Å². The van der Waals surface area contributed by atoms with E-state index in [1.54, 1.807) is 4.90 Å². The fourth-order valence-corrected chi connectivity index (χ4v) is 3.23. The maximum Gasteiger partial charge on any atom is 0.222 e. The molecule has 6 heteroatoms. The predicted molar refractivity (Wildman–Crippen MR) is 98.7 cm³/mol. The number of rotatable bonds is 6. The number of amides is 1. The number of aryl methyl sites for hydroxylation is 2. The molecule has 0 unspecified atom stereocenters. The molecule has 0 aliphatic carbocycles. The molecular weight excluding hydrogens is 368 g/mol. The Hall–Kier alpha value is -2.08. The highest BCUT2D eigenvalue weighted by atomic mass is 79.9. The van der Waals surface area contributed by atoms with Crippen molar-refractivity contribution < 1.29 is 4.79 Å². The van der Waals surface area contributed by atoms with Crippen molar-refractivity contribution >= 4 is 32.7 Å². The summed E-state index contributed by atoms with van der Waals surface area (Å²) in [5.41, 5.74) is 3.19. The molecule has 1 aromatic carbocycles. The lowest BCUT2D eigenvalue weighted by atomic mass is 10.1. The van der Waals surface area contributed by atoms with Gasteiger partial charge in [-0.05, 0) is 40.9 Å². The van der Waals surface area contributed by atoms with Crippen LogP contribution in [-0.4, -0.2) is 32.6 Å². The standard InChI is InChI=1S/C18H21BrN4O/c1-3-23-11-15(19)17(21-23)12-22(2)18(24)9-8-13-10-20-16-7-5-4-6-14(13)16/h4-7,10-11,20H,3,8-9,12H2,1-2H3. The van der Waals surface area contributed by atoms with Crippen LogP contribution in [-0.2, 0) is 24.3 Å². The lowest BCUT2D eigenvalue weighted by Crippen LogP contribution is -2.26. The molecule has 3 rings (SSSR count). The van der Waals surface area contributed by atoms with Gasteiger partial charge in [-0.15, -0.1) is 0 Å². The minimum absolute atomic E-state index is 0.123. The van der Waals surface area contributed by atoms with Gasteiger partial charge in [-0.1, -0.05) is 18.2 Å². The van der Waals surface area contributed by atoms with Crippen molar-refractivity contribution in [1.29, 1.82) is 0 Å². The van der Waals surface area contributed by atoms with Crippen LogP contribution in [0.3, 0.4) is 0 Å². The summed E-state index contributed by atoms with van der Waals surface area (Å²) >= 11 is 3.51. The number of aromatic amines is 1. The fourth-order valence-electron chi connectivity index (χ4n) is 2.79. The third kappa shape index (κ3) is 3.53. The molecule has 0 radical (unpaired) electrons. The second-order valence-electron chi connectivity index (χ2n) is 5.89. The first-order chi connectivity index (χ1) is 11.6. The minimum atomic E-state index is 0.123. The number of nitrogens with zero attached hydrogens (tertiary/aromatic N) is 3. The molecule has 0 bridgehead atoms. The van der Waals surface area contributed by atoms with Gasteiger partial charge in [0.2, 0.25) is 5.91 Å². The SMILES string of the molecule is CCn1cc(Br)c(CN(C)C(=O)CCc2c[nH]c3ccccc23)n1. The van der Waals surface area contributed by atoms with E-state index in [1.807, 2.05) is 49.2 Å². The molecule has 1 amide bonds. The van der Waals surface area contributed by atoms with Gasteiger partial charge in [0.1, 0.15) is 0 Å². The first-order valence-electron chi connectivity index (χ1n) is 8.09. The molecule has 126 valence electrons. The maximum absolute atomic E-state index is 12.4. The molecular formula is C18H21BrN4O. The topological polar surface area (TPSA) is 53.9 Å². The minimum Gasteiger partial charge on any atom is -0.361 e. The first kappa shape index (κ1) is 16.8. The van der Waals surface area contributed by atoms with Crippen LogP contribution < -0.4 is 0 Å². The zero-order valence-corrected chi connectivity index (χ0v) is 15.5. The summed E-state index contributed by atoms with van der Waals surface area (Å²) in [5.74, 6) is 0.123. The lowest BCUT2D eigenvalue weighted by molar-refractivity contribution is -0.130. The quantitative estimate of drug-likeness (QED) is 0.699. The summed E-state index contributed by atoms with van der Waals surface area (Å²) in [4.78, 5) is 17.4. The van der Waals surface area contributed by atoms with Gasteiger partial charge in [-0.25, -0.2) is 0 Å². The Morgan fingerprint density at radius 1 is 1.38 bits per heavy atom. The van der Waals surface area contributed by atoms with Crippen LogP contribution in [0, 0.1) is 0 Å². The predicted octanol–water partition coefficient (Wildman–Crippen LogP) is 3.74. The second kappa shape index (κ2) is 7.21. The normalized spacial score (nSPS) is 11.1. The molecule has 0 aliphatic heterocycles. The Morgan fingerprint density at radius 3 is 2.92 bits per heavy atom. The highest BCUT2D eigenvalue weighted by Gasteiger charge is 2.14. The number of carbonyl (C=O) groups excluding carboxylic acids is 1. The Kier molecular flexibility index (Phi) is 5.04. The number of para-hydroxylation sites is 1. The summed E-state index contributed by atoms with van der Waals surface area (Å²) in [6.07, 6.45) is 5.17. The van der Waals surface area contributed by atoms with E-state index < -0.39 is 0 Å². The third-order valence-electron chi connectivity index (χ3n) is 4.21. The van der Waals surface area contributed by atoms with Crippen molar-refractivity contribution in [2.45, 2.75) is 32.9 Å². The molecule has 1 N–H and O–H groups in total. The van der Waals surface area contributed by atoms with E-state index in [9.17, 15) is 4.79 Å². The Balaban J connectivity index is 1.61. The van der Waals surface area contributed by atoms with Crippen molar-refractivity contribution in [2.24, 2.45) is 0 Å². The number of H-pyrrole nitrogens is 1. The number of hydrogen-bond donors (Lipinski definition) is 1. The van der Waals surface area contributed by atoms with Gasteiger partial charge < -0.3 is 9.88 Å². The lowest BCUT2D eigenvalue weighted by Gasteiger charge is -2.16. The summed E-state index contributed by atoms with van der Waals surface area (Å²) in [7, 11) is 1.83. The molecule has 2 aromatic heterocycles. The van der Waals surface area contributed by atoms with E-state index in [0.29, 0.717) is 13.0 Å². The van der Waals surface area contributed by atoms with Crippen LogP contribution in [0.15, 0.2) is 41.1 Å². The monoisotopic (exact) mass is 388 g/mol. The van der Waals surface area contributed by atoms with Crippen LogP contribution in [0.2, 0.25) is 0 Å². The van der Waals surface area contributed by atoms with Gasteiger partial charge in [0, 0.05) is 43.3 Å². The van der Waals surface area contributed by atoms with E-state index >= 15 is 0 Å². The van der Waals surface area contributed by atoms with Crippen LogP contribution in [0.4, 0.5) is 0 Å². The van der Waals surface area contributed by atoms with Crippen molar-refractivity contribution in [3.63, 3.8) is 0 Å². The van der Waals surface area contributed by atoms with Crippen molar-refractivity contribution in [1.82, 2.24) is 19.7 Å². The number of hydrogen-bond acceptors (Lipinski definition) is 2. The van der Waals surface area contributed by atoms with Crippen molar-refractivity contribution in [3.8, 4) is 0 Å². The van der Waals surface area contributed by atoms with Crippen molar-refractivity contribution in [3.05, 3.63) is 52.4 Å². The molecule has 0 atom stereocenters. The molecule has 5 nitrogen and oxygen atoms in total. The molecule has 0 spiro atoms. The molecule has 0 saturated heterocycles. The maximum atomic E-state index is 12.4. The number of carbonyl (C=O) groups is 1. The fraction of sp³-hybridized carbons (Fsp3) is 0.333. The smallest absolute Gasteiger partial charge is 0.222 e. The molecule has 2 heterocycles. The van der Waals surface area contributed by atoms with Crippen molar-refractivity contribution in [2.75, 3.05) is 7.05 Å². The molecule has 24 heavy (non-hydrogen) atoms. The summed E-state index contributed by atoms with van der Waals surface area (Å²) < 4.78 is 2.81. The highest BCUT2D eigenvalue weighted by Crippen LogP contribution is 2.20. The van der Waals surface area contributed by atoms with Crippen LogP contribution in [0.1, 0.15) is 24.6 Å². The first-order valence-corrected chi connectivity index (χ1v) is 8.88. The molecule has 0 saturated carbocycles. The number of benzene rings is 1. The number of nitrogens with one attached hydrogen (secondary N) is 1. The number of fused-ring (bicyclic) bond motifs is 1. The largest absolute Gasteiger partial charge is 0.361 e. The van der Waals surface area contributed by atoms with E-state index in [4.69, 9.17) is 0 Å².